The monoisotopic (exact) mass is 312 g/mol. The summed E-state index contributed by atoms with van der Waals surface area (Å²) in [6.07, 6.45) is 3.97. The lowest BCUT2D eigenvalue weighted by atomic mass is 9.96. The van der Waals surface area contributed by atoms with E-state index in [4.69, 9.17) is 0 Å². The predicted molar refractivity (Wildman–Crippen MR) is 83.8 cm³/mol. The average molecular weight is 312 g/mol. The van der Waals surface area contributed by atoms with E-state index in [1.54, 1.807) is 4.80 Å². The van der Waals surface area contributed by atoms with E-state index < -0.39 is 0 Å². The van der Waals surface area contributed by atoms with Crippen LogP contribution in [0.5, 0.6) is 0 Å². The number of fused-ring (bicyclic) bond motifs is 1. The fourth-order valence-electron chi connectivity index (χ4n) is 3.19. The van der Waals surface area contributed by atoms with Crippen molar-refractivity contribution in [2.45, 2.75) is 32.2 Å². The van der Waals surface area contributed by atoms with Crippen molar-refractivity contribution in [3.8, 4) is 0 Å². The van der Waals surface area contributed by atoms with Crippen LogP contribution in [0.4, 0.5) is 0 Å². The Morgan fingerprint density at radius 2 is 1.96 bits per heavy atom. The topological polar surface area (TPSA) is 77.0 Å². The minimum Gasteiger partial charge on any atom is -0.297 e. The molecular formula is C15H20N8. The molecule has 8 heteroatoms. The van der Waals surface area contributed by atoms with Crippen LogP contribution in [0.1, 0.15) is 36.0 Å². The van der Waals surface area contributed by atoms with Crippen molar-refractivity contribution >= 4 is 5.65 Å². The van der Waals surface area contributed by atoms with Gasteiger partial charge >= 0.3 is 0 Å². The Morgan fingerprint density at radius 1 is 1.13 bits per heavy atom. The molecule has 0 aliphatic carbocycles. The first-order chi connectivity index (χ1) is 11.2. The Morgan fingerprint density at radius 3 is 2.70 bits per heavy atom. The fraction of sp³-hybridized carbons (Fsp3) is 0.533. The third-order valence-corrected chi connectivity index (χ3v) is 4.41. The van der Waals surface area contributed by atoms with Crippen LogP contribution in [-0.4, -0.2) is 52.8 Å². The lowest BCUT2D eigenvalue weighted by Crippen LogP contribution is -2.33. The summed E-state index contributed by atoms with van der Waals surface area (Å²) >= 11 is 0. The summed E-state index contributed by atoms with van der Waals surface area (Å²) in [5.74, 6) is 1.40. The van der Waals surface area contributed by atoms with Gasteiger partial charge in [-0.3, -0.25) is 4.90 Å². The lowest BCUT2D eigenvalue weighted by molar-refractivity contribution is 0.198. The number of aryl methyl sites for hydroxylation is 2. The van der Waals surface area contributed by atoms with Gasteiger partial charge in [-0.1, -0.05) is 0 Å². The molecule has 120 valence electrons. The fourth-order valence-corrected chi connectivity index (χ4v) is 3.19. The van der Waals surface area contributed by atoms with E-state index in [9.17, 15) is 0 Å². The molecule has 1 aliphatic rings. The molecule has 4 rings (SSSR count). The van der Waals surface area contributed by atoms with Gasteiger partial charge in [0, 0.05) is 19.5 Å². The number of nitrogens with zero attached hydrogens (tertiary/aromatic N) is 8. The Hall–Kier alpha value is -2.35. The van der Waals surface area contributed by atoms with Crippen LogP contribution in [0, 0.1) is 6.92 Å². The molecule has 0 spiro atoms. The van der Waals surface area contributed by atoms with Crippen molar-refractivity contribution in [3.63, 3.8) is 0 Å². The SMILES string of the molecule is Cc1ccc2nnc(C3CCN(Cc4cnn(C)n4)CC3)n2n1. The molecule has 0 saturated carbocycles. The van der Waals surface area contributed by atoms with Crippen LogP contribution < -0.4 is 0 Å². The number of hydrogen-bond donors (Lipinski definition) is 0. The molecule has 0 unspecified atom stereocenters. The molecule has 0 aromatic carbocycles. The molecule has 0 N–H and O–H groups in total. The first-order valence-corrected chi connectivity index (χ1v) is 7.95. The second-order valence-electron chi connectivity index (χ2n) is 6.18. The lowest BCUT2D eigenvalue weighted by Gasteiger charge is -2.30. The highest BCUT2D eigenvalue weighted by Gasteiger charge is 2.25. The molecule has 8 nitrogen and oxygen atoms in total. The number of hydrogen-bond acceptors (Lipinski definition) is 6. The van der Waals surface area contributed by atoms with Gasteiger partial charge in [0.2, 0.25) is 0 Å². The summed E-state index contributed by atoms with van der Waals surface area (Å²) < 4.78 is 1.90. The summed E-state index contributed by atoms with van der Waals surface area (Å²) in [6, 6.07) is 3.94. The van der Waals surface area contributed by atoms with E-state index in [-0.39, 0.29) is 0 Å². The van der Waals surface area contributed by atoms with Crippen molar-refractivity contribution in [2.75, 3.05) is 13.1 Å². The molecule has 1 aliphatic heterocycles. The minimum absolute atomic E-state index is 0.414. The molecule has 3 aromatic rings. The highest BCUT2D eigenvalue weighted by Crippen LogP contribution is 2.27. The summed E-state index contributed by atoms with van der Waals surface area (Å²) in [4.78, 5) is 4.03. The first-order valence-electron chi connectivity index (χ1n) is 7.95. The number of rotatable bonds is 3. The Labute approximate surface area is 134 Å². The average Bonchev–Trinajstić information content (AvgIpc) is 3.14. The maximum Gasteiger partial charge on any atom is 0.177 e. The predicted octanol–water partition coefficient (Wildman–Crippen LogP) is 0.941. The van der Waals surface area contributed by atoms with E-state index in [0.29, 0.717) is 5.92 Å². The van der Waals surface area contributed by atoms with Gasteiger partial charge in [-0.2, -0.15) is 24.6 Å². The van der Waals surface area contributed by atoms with Crippen LogP contribution in [0.15, 0.2) is 18.3 Å². The zero-order valence-electron chi connectivity index (χ0n) is 13.4. The molecule has 3 aromatic heterocycles. The van der Waals surface area contributed by atoms with E-state index in [2.05, 4.69) is 30.4 Å². The van der Waals surface area contributed by atoms with Crippen molar-refractivity contribution in [2.24, 2.45) is 7.05 Å². The van der Waals surface area contributed by atoms with Crippen molar-refractivity contribution in [1.82, 2.24) is 39.7 Å². The molecule has 0 amide bonds. The molecule has 4 heterocycles. The van der Waals surface area contributed by atoms with Crippen LogP contribution >= 0.6 is 0 Å². The number of aromatic nitrogens is 7. The summed E-state index contributed by atoms with van der Waals surface area (Å²) in [5.41, 5.74) is 2.84. The molecule has 0 atom stereocenters. The van der Waals surface area contributed by atoms with Crippen LogP contribution in [-0.2, 0) is 13.6 Å². The van der Waals surface area contributed by atoms with Gasteiger partial charge in [-0.25, -0.2) is 0 Å². The Balaban J connectivity index is 1.45. The second kappa shape index (κ2) is 5.69. The van der Waals surface area contributed by atoms with Gasteiger partial charge in [0.1, 0.15) is 0 Å². The minimum atomic E-state index is 0.414. The quantitative estimate of drug-likeness (QED) is 0.716. The van der Waals surface area contributed by atoms with Crippen molar-refractivity contribution in [3.05, 3.63) is 35.5 Å². The van der Waals surface area contributed by atoms with E-state index in [0.717, 1.165) is 55.3 Å². The third kappa shape index (κ3) is 2.81. The van der Waals surface area contributed by atoms with Gasteiger partial charge < -0.3 is 0 Å². The normalized spacial score (nSPS) is 17.1. The second-order valence-corrected chi connectivity index (χ2v) is 6.18. The van der Waals surface area contributed by atoms with Crippen LogP contribution in [0.3, 0.4) is 0 Å². The summed E-state index contributed by atoms with van der Waals surface area (Å²) in [7, 11) is 1.85. The smallest absolute Gasteiger partial charge is 0.177 e. The van der Waals surface area contributed by atoms with Gasteiger partial charge in [-0.05, 0) is 45.0 Å². The van der Waals surface area contributed by atoms with Crippen LogP contribution in [0.2, 0.25) is 0 Å². The van der Waals surface area contributed by atoms with Gasteiger partial charge in [0.05, 0.1) is 17.6 Å². The zero-order valence-corrected chi connectivity index (χ0v) is 13.4. The van der Waals surface area contributed by atoms with Gasteiger partial charge in [0.25, 0.3) is 0 Å². The number of likely N-dealkylation sites (tertiary alicyclic amines) is 1. The molecule has 0 radical (unpaired) electrons. The highest BCUT2D eigenvalue weighted by atomic mass is 15.5. The van der Waals surface area contributed by atoms with Crippen molar-refractivity contribution in [1.29, 1.82) is 0 Å². The molecule has 1 fully saturated rings. The standard InChI is InChI=1S/C15H20N8/c1-11-3-4-14-17-18-15(23(14)19-11)12-5-7-22(8-6-12)10-13-9-16-21(2)20-13/h3-4,9,12H,5-8,10H2,1-2H3. The van der Waals surface area contributed by atoms with Crippen molar-refractivity contribution < 1.29 is 0 Å². The highest BCUT2D eigenvalue weighted by molar-refractivity contribution is 5.36. The van der Waals surface area contributed by atoms with E-state index >= 15 is 0 Å². The van der Waals surface area contributed by atoms with E-state index in [1.165, 1.54) is 0 Å². The Kier molecular flexibility index (Phi) is 3.53. The molecule has 23 heavy (non-hydrogen) atoms. The maximum absolute atomic E-state index is 4.56. The largest absolute Gasteiger partial charge is 0.297 e. The summed E-state index contributed by atoms with van der Waals surface area (Å²) in [6.45, 7) is 4.91. The zero-order chi connectivity index (χ0) is 15.8. The van der Waals surface area contributed by atoms with E-state index in [1.807, 2.05) is 36.8 Å². The van der Waals surface area contributed by atoms with Gasteiger partial charge in [-0.15, -0.1) is 10.2 Å². The molecule has 0 bridgehead atoms. The van der Waals surface area contributed by atoms with Crippen LogP contribution in [0.25, 0.3) is 5.65 Å². The number of piperidine rings is 1. The molecular weight excluding hydrogens is 292 g/mol. The third-order valence-electron chi connectivity index (χ3n) is 4.41. The maximum atomic E-state index is 4.56. The Bertz CT molecular complexity index is 812. The first kappa shape index (κ1) is 14.3. The molecule has 1 saturated heterocycles. The van der Waals surface area contributed by atoms with Gasteiger partial charge in [0.15, 0.2) is 11.5 Å². The summed E-state index contributed by atoms with van der Waals surface area (Å²) in [5, 5.41) is 21.7.